The molecule has 1 aliphatic heterocycles. The molecular formula is C13H16O2. The van der Waals surface area contributed by atoms with Crippen LogP contribution in [0.4, 0.5) is 0 Å². The molecule has 0 radical (unpaired) electrons. The van der Waals surface area contributed by atoms with Crippen LogP contribution < -0.4 is 0 Å². The molecule has 1 heterocycles. The van der Waals surface area contributed by atoms with Crippen molar-refractivity contribution in [3.05, 3.63) is 42.0 Å². The van der Waals surface area contributed by atoms with Crippen LogP contribution in [0.2, 0.25) is 0 Å². The van der Waals surface area contributed by atoms with Crippen LogP contribution in [0.3, 0.4) is 0 Å². The molecule has 0 aromatic heterocycles. The number of benzene rings is 1. The monoisotopic (exact) mass is 204 g/mol. The van der Waals surface area contributed by atoms with E-state index >= 15 is 0 Å². The first-order valence-electron chi connectivity index (χ1n) is 5.21. The highest BCUT2D eigenvalue weighted by atomic mass is 16.6. The average molecular weight is 204 g/mol. The molecule has 2 nitrogen and oxygen atoms in total. The summed E-state index contributed by atoms with van der Waals surface area (Å²) in [6.45, 7) is 5.86. The normalized spacial score (nSPS) is 28.8. The quantitative estimate of drug-likeness (QED) is 0.761. The predicted molar refractivity (Wildman–Crippen MR) is 60.6 cm³/mol. The lowest BCUT2D eigenvalue weighted by molar-refractivity contribution is 0.171. The molecule has 0 bridgehead atoms. The van der Waals surface area contributed by atoms with Crippen LogP contribution in [-0.4, -0.2) is 23.4 Å². The molecule has 80 valence electrons. The van der Waals surface area contributed by atoms with Crippen LogP contribution in [0.15, 0.2) is 30.8 Å². The first kappa shape index (κ1) is 10.4. The molecule has 2 atom stereocenters. The van der Waals surface area contributed by atoms with E-state index in [-0.39, 0.29) is 18.3 Å². The van der Waals surface area contributed by atoms with Crippen LogP contribution in [0, 0.1) is 0 Å². The van der Waals surface area contributed by atoms with Gasteiger partial charge in [0.25, 0.3) is 0 Å². The van der Waals surface area contributed by atoms with E-state index in [1.807, 2.05) is 31.2 Å². The Balaban J connectivity index is 2.21. The van der Waals surface area contributed by atoms with Gasteiger partial charge in [-0.05, 0) is 18.1 Å². The summed E-state index contributed by atoms with van der Waals surface area (Å²) in [6, 6.07) is 8.08. The van der Waals surface area contributed by atoms with E-state index in [2.05, 4.69) is 12.6 Å². The third-order valence-corrected chi connectivity index (χ3v) is 3.13. The van der Waals surface area contributed by atoms with Crippen molar-refractivity contribution in [3.63, 3.8) is 0 Å². The molecular weight excluding hydrogens is 188 g/mol. The predicted octanol–water partition coefficient (Wildman–Crippen LogP) is 2.02. The Bertz CT molecular complexity index is 369. The maximum Gasteiger partial charge on any atom is 0.121 e. The first-order chi connectivity index (χ1) is 7.22. The smallest absolute Gasteiger partial charge is 0.121 e. The van der Waals surface area contributed by atoms with Crippen molar-refractivity contribution in [2.45, 2.75) is 25.0 Å². The van der Waals surface area contributed by atoms with E-state index in [9.17, 15) is 5.11 Å². The fraction of sp³-hybridized carbons (Fsp3) is 0.385. The molecule has 1 saturated heterocycles. The molecule has 0 aliphatic carbocycles. The minimum Gasteiger partial charge on any atom is -0.393 e. The zero-order valence-electron chi connectivity index (χ0n) is 8.94. The van der Waals surface area contributed by atoms with Gasteiger partial charge in [0.2, 0.25) is 0 Å². The Morgan fingerprint density at radius 2 is 2.20 bits per heavy atom. The van der Waals surface area contributed by atoms with Crippen molar-refractivity contribution < 1.29 is 9.84 Å². The average Bonchev–Trinajstić information content (AvgIpc) is 2.90. The van der Waals surface area contributed by atoms with Crippen molar-refractivity contribution in [1.29, 1.82) is 0 Å². The van der Waals surface area contributed by atoms with E-state index in [1.54, 1.807) is 0 Å². The molecule has 1 aromatic carbocycles. The summed E-state index contributed by atoms with van der Waals surface area (Å²) in [4.78, 5) is 0. The van der Waals surface area contributed by atoms with Crippen molar-refractivity contribution in [3.8, 4) is 0 Å². The third kappa shape index (κ3) is 1.83. The highest BCUT2D eigenvalue weighted by molar-refractivity contribution is 5.52. The highest BCUT2D eigenvalue weighted by Crippen LogP contribution is 2.39. The summed E-state index contributed by atoms with van der Waals surface area (Å²) in [5.41, 5.74) is 1.96. The molecule has 1 unspecified atom stereocenters. The second-order valence-corrected chi connectivity index (χ2v) is 4.06. The summed E-state index contributed by atoms with van der Waals surface area (Å²) in [7, 11) is 0. The van der Waals surface area contributed by atoms with Crippen LogP contribution in [-0.2, 0) is 11.2 Å². The Labute approximate surface area is 90.2 Å². The number of epoxide rings is 1. The second kappa shape index (κ2) is 3.80. The molecule has 1 N–H and O–H groups in total. The fourth-order valence-electron chi connectivity index (χ4n) is 1.94. The summed E-state index contributed by atoms with van der Waals surface area (Å²) in [5.74, 6) is 0. The van der Waals surface area contributed by atoms with Gasteiger partial charge in [0, 0.05) is 6.42 Å². The zero-order chi connectivity index (χ0) is 10.9. The van der Waals surface area contributed by atoms with Gasteiger partial charge in [0.05, 0.1) is 12.7 Å². The van der Waals surface area contributed by atoms with Gasteiger partial charge in [-0.3, -0.25) is 0 Å². The van der Waals surface area contributed by atoms with Gasteiger partial charge >= 0.3 is 0 Å². The summed E-state index contributed by atoms with van der Waals surface area (Å²) < 4.78 is 5.47. The topological polar surface area (TPSA) is 32.8 Å². The lowest BCUT2D eigenvalue weighted by Crippen LogP contribution is -2.23. The molecule has 1 aliphatic rings. The number of aliphatic hydroxyl groups excluding tert-OH is 1. The van der Waals surface area contributed by atoms with Crippen molar-refractivity contribution >= 4 is 6.08 Å². The highest BCUT2D eigenvalue weighted by Gasteiger charge is 2.52. The van der Waals surface area contributed by atoms with Crippen molar-refractivity contribution in [2.75, 3.05) is 6.61 Å². The van der Waals surface area contributed by atoms with Crippen molar-refractivity contribution in [1.82, 2.24) is 0 Å². The lowest BCUT2D eigenvalue weighted by Gasteiger charge is -2.11. The molecule has 1 fully saturated rings. The van der Waals surface area contributed by atoms with Gasteiger partial charge in [-0.25, -0.2) is 0 Å². The molecule has 15 heavy (non-hydrogen) atoms. The van der Waals surface area contributed by atoms with Crippen LogP contribution >= 0.6 is 0 Å². The molecule has 2 heteroatoms. The summed E-state index contributed by atoms with van der Waals surface area (Å²) in [6.07, 6.45) is 2.75. The zero-order valence-corrected chi connectivity index (χ0v) is 8.94. The van der Waals surface area contributed by atoms with Crippen LogP contribution in [0.1, 0.15) is 18.1 Å². The number of hydrogen-bond acceptors (Lipinski definition) is 2. The standard InChI is InChI=1S/C13H16O2/c1-3-11-6-4-5-7-12(11)8-13(9-14)10(2)15-13/h3-7,10,14H,1,8-9H2,2H3/t10?,13-/m1/s1. The largest absolute Gasteiger partial charge is 0.393 e. The molecule has 0 saturated carbocycles. The van der Waals surface area contributed by atoms with Crippen molar-refractivity contribution in [2.24, 2.45) is 0 Å². The van der Waals surface area contributed by atoms with E-state index < -0.39 is 0 Å². The van der Waals surface area contributed by atoms with Gasteiger partial charge in [-0.1, -0.05) is 36.9 Å². The number of rotatable bonds is 4. The number of hydrogen-bond donors (Lipinski definition) is 1. The number of aliphatic hydroxyl groups is 1. The Kier molecular flexibility index (Phi) is 2.63. The molecule has 0 amide bonds. The lowest BCUT2D eigenvalue weighted by atomic mass is 9.94. The third-order valence-electron chi connectivity index (χ3n) is 3.13. The van der Waals surface area contributed by atoms with Gasteiger partial charge in [-0.15, -0.1) is 0 Å². The van der Waals surface area contributed by atoms with Gasteiger partial charge in [-0.2, -0.15) is 0 Å². The van der Waals surface area contributed by atoms with Gasteiger partial charge in [0.15, 0.2) is 0 Å². The van der Waals surface area contributed by atoms with E-state index in [0.29, 0.717) is 0 Å². The number of ether oxygens (including phenoxy) is 1. The van der Waals surface area contributed by atoms with Crippen LogP contribution in [0.25, 0.3) is 6.08 Å². The summed E-state index contributed by atoms with van der Waals surface area (Å²) >= 11 is 0. The molecule has 1 aromatic rings. The first-order valence-corrected chi connectivity index (χ1v) is 5.21. The minimum atomic E-state index is -0.348. The second-order valence-electron chi connectivity index (χ2n) is 4.06. The maximum absolute atomic E-state index is 9.30. The molecule has 2 rings (SSSR count). The fourth-order valence-corrected chi connectivity index (χ4v) is 1.94. The maximum atomic E-state index is 9.30. The molecule has 0 spiro atoms. The minimum absolute atomic E-state index is 0.0830. The van der Waals surface area contributed by atoms with E-state index in [4.69, 9.17) is 4.74 Å². The van der Waals surface area contributed by atoms with Gasteiger partial charge in [0.1, 0.15) is 5.60 Å². The SMILES string of the molecule is C=Cc1ccccc1C[C@]1(CO)OC1C. The Morgan fingerprint density at radius 3 is 2.73 bits per heavy atom. The summed E-state index contributed by atoms with van der Waals surface area (Å²) in [5, 5.41) is 9.30. The van der Waals surface area contributed by atoms with E-state index in [0.717, 1.165) is 12.0 Å². The van der Waals surface area contributed by atoms with Gasteiger partial charge < -0.3 is 9.84 Å². The van der Waals surface area contributed by atoms with Crippen LogP contribution in [0.5, 0.6) is 0 Å². The van der Waals surface area contributed by atoms with E-state index in [1.165, 1.54) is 5.56 Å². The Morgan fingerprint density at radius 1 is 1.53 bits per heavy atom. The Hall–Kier alpha value is -1.12.